The molecule has 0 saturated carbocycles. The highest BCUT2D eigenvalue weighted by Crippen LogP contribution is 2.59. The second kappa shape index (κ2) is 5.47. The fraction of sp³-hybridized carbons (Fsp3) is 0.458. The van der Waals surface area contributed by atoms with Crippen molar-refractivity contribution in [2.24, 2.45) is 10.8 Å². The van der Waals surface area contributed by atoms with Crippen LogP contribution in [0.5, 0.6) is 0 Å². The number of hydrogen-bond donors (Lipinski definition) is 1. The van der Waals surface area contributed by atoms with E-state index in [1.54, 1.807) is 0 Å². The Kier molecular flexibility index (Phi) is 3.46. The van der Waals surface area contributed by atoms with Crippen LogP contribution in [0.15, 0.2) is 46.9 Å². The van der Waals surface area contributed by atoms with Crippen molar-refractivity contribution in [3.8, 4) is 0 Å². The van der Waals surface area contributed by atoms with Crippen LogP contribution in [0.4, 0.5) is 5.69 Å². The summed E-state index contributed by atoms with van der Waals surface area (Å²) in [5, 5.41) is 2.98. The Labute approximate surface area is 170 Å². The predicted molar refractivity (Wildman–Crippen MR) is 108 cm³/mol. The Morgan fingerprint density at radius 3 is 2.28 bits per heavy atom. The number of carbonyl (C=O) groups excluding carboxylic acids is 3. The van der Waals surface area contributed by atoms with E-state index in [9.17, 15) is 14.4 Å². The molecule has 1 atom stereocenters. The molecule has 0 bridgehead atoms. The first-order valence-corrected chi connectivity index (χ1v) is 10.2. The number of ketones is 2. The summed E-state index contributed by atoms with van der Waals surface area (Å²) in [7, 11) is 0. The summed E-state index contributed by atoms with van der Waals surface area (Å²) in [5.74, 6) is 0.367. The molecule has 5 rings (SSSR count). The highest BCUT2D eigenvalue weighted by Gasteiger charge is 2.62. The molecule has 0 saturated heterocycles. The lowest BCUT2D eigenvalue weighted by Gasteiger charge is -2.46. The van der Waals surface area contributed by atoms with E-state index < -0.39 is 5.41 Å². The Hall–Kier alpha value is -2.69. The molecule has 0 aromatic heterocycles. The van der Waals surface area contributed by atoms with Gasteiger partial charge in [-0.1, -0.05) is 45.9 Å². The van der Waals surface area contributed by atoms with Gasteiger partial charge in [0.25, 0.3) is 0 Å². The third-order valence-corrected chi connectivity index (χ3v) is 6.63. The zero-order valence-corrected chi connectivity index (χ0v) is 17.3. The smallest absolute Gasteiger partial charge is 0.244 e. The molecule has 2 aliphatic heterocycles. The van der Waals surface area contributed by atoms with Crippen LogP contribution in [0.3, 0.4) is 0 Å². The number of fused-ring (bicyclic) bond motifs is 4. The SMILES string of the molecule is CC1(C)CC(=O)C2=C(C1)OC1=C(CC(C)(C)CC1=O)C21C(=O)Nc2ccccc21. The molecule has 150 valence electrons. The lowest BCUT2D eigenvalue weighted by molar-refractivity contribution is -0.127. The molecule has 1 aromatic carbocycles. The van der Waals surface area contributed by atoms with Crippen LogP contribution >= 0.6 is 0 Å². The van der Waals surface area contributed by atoms with Crippen LogP contribution in [0.25, 0.3) is 0 Å². The van der Waals surface area contributed by atoms with E-state index in [0.717, 1.165) is 5.56 Å². The topological polar surface area (TPSA) is 72.5 Å². The Balaban J connectivity index is 1.86. The monoisotopic (exact) mass is 391 g/mol. The number of ether oxygens (including phenoxy) is 1. The normalized spacial score (nSPS) is 29.3. The minimum Gasteiger partial charge on any atom is -0.457 e. The Bertz CT molecular complexity index is 1070. The number of benzene rings is 1. The van der Waals surface area contributed by atoms with E-state index in [2.05, 4.69) is 5.32 Å². The van der Waals surface area contributed by atoms with Gasteiger partial charge in [-0.15, -0.1) is 0 Å². The van der Waals surface area contributed by atoms with E-state index in [1.165, 1.54) is 0 Å². The number of hydrogen-bond acceptors (Lipinski definition) is 4. The van der Waals surface area contributed by atoms with Crippen molar-refractivity contribution in [3.63, 3.8) is 0 Å². The molecular formula is C24H25NO4. The summed E-state index contributed by atoms with van der Waals surface area (Å²) in [6, 6.07) is 7.49. The molecule has 1 aromatic rings. The van der Waals surface area contributed by atoms with Crippen molar-refractivity contribution in [2.45, 2.75) is 58.8 Å². The van der Waals surface area contributed by atoms with Gasteiger partial charge in [-0.3, -0.25) is 14.4 Å². The number of allylic oxidation sites excluding steroid dienone is 2. The predicted octanol–water partition coefficient (Wildman–Crippen LogP) is 4.19. The summed E-state index contributed by atoms with van der Waals surface area (Å²) < 4.78 is 6.16. The van der Waals surface area contributed by atoms with E-state index in [0.29, 0.717) is 48.3 Å². The zero-order chi connectivity index (χ0) is 20.8. The lowest BCUT2D eigenvalue weighted by Crippen LogP contribution is -2.50. The van der Waals surface area contributed by atoms with Crippen molar-refractivity contribution in [2.75, 3.05) is 5.32 Å². The molecule has 0 fully saturated rings. The molecule has 29 heavy (non-hydrogen) atoms. The average molecular weight is 391 g/mol. The minimum absolute atomic E-state index is 0.0644. The maximum Gasteiger partial charge on any atom is 0.244 e. The molecule has 4 aliphatic rings. The first-order valence-electron chi connectivity index (χ1n) is 10.2. The van der Waals surface area contributed by atoms with Gasteiger partial charge in [0, 0.05) is 36.1 Å². The number of amides is 1. The van der Waals surface area contributed by atoms with Gasteiger partial charge in [0.1, 0.15) is 11.2 Å². The van der Waals surface area contributed by atoms with E-state index in [1.807, 2.05) is 52.0 Å². The largest absolute Gasteiger partial charge is 0.457 e. The molecule has 2 heterocycles. The van der Waals surface area contributed by atoms with Crippen molar-refractivity contribution in [1.82, 2.24) is 0 Å². The van der Waals surface area contributed by atoms with E-state index >= 15 is 0 Å². The fourth-order valence-electron chi connectivity index (χ4n) is 5.57. The van der Waals surface area contributed by atoms with Gasteiger partial charge in [0.2, 0.25) is 5.91 Å². The standard InChI is InChI=1S/C24H25NO4/c1-22(2)9-14-20(17(27)11-22)29-18-12-23(3,4)10-16(26)19(18)24(14)13-7-5-6-8-15(13)25-21(24)28/h5-8H,9-12H2,1-4H3,(H,25,28). The third-order valence-electron chi connectivity index (χ3n) is 6.63. The summed E-state index contributed by atoms with van der Waals surface area (Å²) in [4.78, 5) is 40.2. The number of anilines is 1. The van der Waals surface area contributed by atoms with Gasteiger partial charge in [-0.2, -0.15) is 0 Å². The van der Waals surface area contributed by atoms with Gasteiger partial charge in [-0.25, -0.2) is 0 Å². The summed E-state index contributed by atoms with van der Waals surface area (Å²) in [6.45, 7) is 8.08. The molecule has 5 heteroatoms. The van der Waals surface area contributed by atoms with Gasteiger partial charge < -0.3 is 10.1 Å². The number of rotatable bonds is 0. The third kappa shape index (κ3) is 2.36. The van der Waals surface area contributed by atoms with Gasteiger partial charge in [0.05, 0.1) is 5.57 Å². The fourth-order valence-corrected chi connectivity index (χ4v) is 5.57. The molecule has 5 nitrogen and oxygen atoms in total. The second-order valence-corrected chi connectivity index (χ2v) is 10.3. The van der Waals surface area contributed by atoms with Crippen molar-refractivity contribution >= 4 is 23.2 Å². The first-order chi connectivity index (χ1) is 13.6. The molecule has 1 unspecified atom stereocenters. The van der Waals surface area contributed by atoms with Gasteiger partial charge in [-0.05, 0) is 23.3 Å². The molecule has 2 aliphatic carbocycles. The Morgan fingerprint density at radius 2 is 1.52 bits per heavy atom. The Morgan fingerprint density at radius 1 is 0.862 bits per heavy atom. The number of carbonyl (C=O) groups is 3. The number of Topliss-reactive ketones (excluding diaryl/α,β-unsaturated/α-hetero) is 2. The maximum absolute atomic E-state index is 13.6. The van der Waals surface area contributed by atoms with E-state index in [-0.39, 0.29) is 34.1 Å². The van der Waals surface area contributed by atoms with Crippen LogP contribution in [0.2, 0.25) is 0 Å². The summed E-state index contributed by atoms with van der Waals surface area (Å²) in [5.41, 5.74) is 0.690. The maximum atomic E-state index is 13.6. The average Bonchev–Trinajstić information content (AvgIpc) is 2.87. The molecule has 1 spiro atoms. The first kappa shape index (κ1) is 18.3. The molecule has 1 amide bonds. The minimum atomic E-state index is -1.26. The van der Waals surface area contributed by atoms with Crippen LogP contribution in [0.1, 0.15) is 58.9 Å². The summed E-state index contributed by atoms with van der Waals surface area (Å²) >= 11 is 0. The summed E-state index contributed by atoms with van der Waals surface area (Å²) in [6.07, 6.45) is 1.78. The number of para-hydroxylation sites is 1. The van der Waals surface area contributed by atoms with Crippen LogP contribution in [-0.4, -0.2) is 17.5 Å². The van der Waals surface area contributed by atoms with Crippen molar-refractivity contribution in [3.05, 3.63) is 52.5 Å². The van der Waals surface area contributed by atoms with Crippen molar-refractivity contribution < 1.29 is 19.1 Å². The highest BCUT2D eigenvalue weighted by atomic mass is 16.5. The van der Waals surface area contributed by atoms with Crippen LogP contribution in [0, 0.1) is 10.8 Å². The number of nitrogens with one attached hydrogen (secondary N) is 1. The lowest BCUT2D eigenvalue weighted by atomic mass is 9.57. The molecule has 1 N–H and O–H groups in total. The van der Waals surface area contributed by atoms with Crippen LogP contribution in [-0.2, 0) is 24.5 Å². The van der Waals surface area contributed by atoms with Crippen LogP contribution < -0.4 is 5.32 Å². The highest BCUT2D eigenvalue weighted by molar-refractivity contribution is 6.19. The van der Waals surface area contributed by atoms with Crippen molar-refractivity contribution in [1.29, 1.82) is 0 Å². The quantitative estimate of drug-likeness (QED) is 0.720. The second-order valence-electron chi connectivity index (χ2n) is 10.3. The van der Waals surface area contributed by atoms with E-state index in [4.69, 9.17) is 4.74 Å². The molecule has 0 radical (unpaired) electrons. The van der Waals surface area contributed by atoms with Gasteiger partial charge >= 0.3 is 0 Å². The zero-order valence-electron chi connectivity index (χ0n) is 17.3. The molecular weight excluding hydrogens is 366 g/mol. The van der Waals surface area contributed by atoms with Gasteiger partial charge in [0.15, 0.2) is 17.3 Å².